The molecule has 2 atom stereocenters. The van der Waals surface area contributed by atoms with E-state index in [1.165, 1.54) is 90.0 Å². The number of hydrogen-bond donors (Lipinski definition) is 1. The zero-order valence-corrected chi connectivity index (χ0v) is 14.1. The summed E-state index contributed by atoms with van der Waals surface area (Å²) in [7, 11) is 0. The van der Waals surface area contributed by atoms with Crippen molar-refractivity contribution in [3.63, 3.8) is 0 Å². The molecule has 21 heavy (non-hydrogen) atoms. The molecule has 2 aliphatic heterocycles. The van der Waals surface area contributed by atoms with Crippen LogP contribution in [0.25, 0.3) is 0 Å². The number of nitrogens with one attached hydrogen (secondary N) is 1. The predicted molar refractivity (Wildman–Crippen MR) is 88.6 cm³/mol. The highest BCUT2D eigenvalue weighted by Crippen LogP contribution is 2.46. The number of hydrogen-bond acceptors (Lipinski definition) is 2. The van der Waals surface area contributed by atoms with Crippen LogP contribution in [-0.2, 0) is 4.74 Å². The van der Waals surface area contributed by atoms with E-state index in [0.717, 1.165) is 12.5 Å². The lowest BCUT2D eigenvalue weighted by Gasteiger charge is -2.50. The molecule has 0 radical (unpaired) electrons. The van der Waals surface area contributed by atoms with E-state index in [1.54, 1.807) is 0 Å². The topological polar surface area (TPSA) is 21.3 Å². The summed E-state index contributed by atoms with van der Waals surface area (Å²) in [6.45, 7) is 4.62. The van der Waals surface area contributed by atoms with Gasteiger partial charge in [-0.15, -0.1) is 0 Å². The van der Waals surface area contributed by atoms with Gasteiger partial charge in [-0.1, -0.05) is 45.4 Å². The van der Waals surface area contributed by atoms with E-state index >= 15 is 0 Å². The molecule has 0 amide bonds. The fraction of sp³-hybridized carbons (Fsp3) is 1.00. The highest BCUT2D eigenvalue weighted by Gasteiger charge is 2.46. The predicted octanol–water partition coefficient (Wildman–Crippen LogP) is 4.82. The Bertz CT molecular complexity index is 308. The molecule has 0 aromatic carbocycles. The van der Waals surface area contributed by atoms with Gasteiger partial charge in [-0.3, -0.25) is 0 Å². The Morgan fingerprint density at radius 1 is 1.00 bits per heavy atom. The number of ether oxygens (including phenoxy) is 1. The van der Waals surface area contributed by atoms with Gasteiger partial charge in [0.25, 0.3) is 0 Å². The fourth-order valence-corrected chi connectivity index (χ4v) is 5.42. The molecule has 0 aromatic rings. The van der Waals surface area contributed by atoms with Crippen LogP contribution in [0.5, 0.6) is 0 Å². The Labute approximate surface area is 131 Å². The van der Waals surface area contributed by atoms with Gasteiger partial charge < -0.3 is 10.1 Å². The summed E-state index contributed by atoms with van der Waals surface area (Å²) in [4.78, 5) is 0. The van der Waals surface area contributed by atoms with Gasteiger partial charge >= 0.3 is 0 Å². The molecule has 122 valence electrons. The Kier molecular flexibility index (Phi) is 5.27. The maximum Gasteiger partial charge on any atom is 0.0685 e. The van der Waals surface area contributed by atoms with Crippen LogP contribution in [0.2, 0.25) is 0 Å². The second-order valence-electron chi connectivity index (χ2n) is 7.93. The molecular weight excluding hydrogens is 258 g/mol. The van der Waals surface area contributed by atoms with Gasteiger partial charge in [0.15, 0.2) is 0 Å². The first kappa shape index (κ1) is 15.8. The Hall–Kier alpha value is -0.0800. The van der Waals surface area contributed by atoms with E-state index in [2.05, 4.69) is 12.2 Å². The van der Waals surface area contributed by atoms with E-state index in [9.17, 15) is 0 Å². The molecule has 3 aliphatic rings. The maximum atomic E-state index is 6.35. The third-order valence-electron chi connectivity index (χ3n) is 6.51. The van der Waals surface area contributed by atoms with Gasteiger partial charge in [0, 0.05) is 12.1 Å². The van der Waals surface area contributed by atoms with Crippen LogP contribution in [0, 0.1) is 5.92 Å². The summed E-state index contributed by atoms with van der Waals surface area (Å²) < 4.78 is 6.35. The standard InChI is InChI=1S/C19H35NO/c1-2-10-19(13-7-4-8-14-20-19)17-9-15-21-18(16-17)11-5-3-6-12-18/h17,20H,2-16H2,1H3. The monoisotopic (exact) mass is 293 g/mol. The van der Waals surface area contributed by atoms with Crippen LogP contribution in [0.15, 0.2) is 0 Å². The van der Waals surface area contributed by atoms with Crippen molar-refractivity contribution in [2.75, 3.05) is 13.2 Å². The van der Waals surface area contributed by atoms with Crippen LogP contribution in [0.3, 0.4) is 0 Å². The minimum atomic E-state index is 0.260. The molecule has 2 unspecified atom stereocenters. The quantitative estimate of drug-likeness (QED) is 0.805. The van der Waals surface area contributed by atoms with Crippen LogP contribution >= 0.6 is 0 Å². The molecule has 2 heteroatoms. The zero-order chi connectivity index (χ0) is 14.6. The van der Waals surface area contributed by atoms with Crippen molar-refractivity contribution < 1.29 is 4.74 Å². The van der Waals surface area contributed by atoms with Crippen molar-refractivity contribution in [2.24, 2.45) is 5.92 Å². The fourth-order valence-electron chi connectivity index (χ4n) is 5.42. The van der Waals surface area contributed by atoms with Crippen molar-refractivity contribution in [2.45, 2.75) is 102 Å². The first-order valence-electron chi connectivity index (χ1n) is 9.68. The maximum absolute atomic E-state index is 6.35. The van der Waals surface area contributed by atoms with Gasteiger partial charge in [-0.2, -0.15) is 0 Å². The van der Waals surface area contributed by atoms with Gasteiger partial charge in [-0.05, 0) is 57.4 Å². The lowest BCUT2D eigenvalue weighted by molar-refractivity contribution is -0.131. The summed E-state index contributed by atoms with van der Waals surface area (Å²) in [6, 6.07) is 0. The minimum absolute atomic E-state index is 0.260. The van der Waals surface area contributed by atoms with Crippen LogP contribution in [-0.4, -0.2) is 24.3 Å². The lowest BCUT2D eigenvalue weighted by Crippen LogP contribution is -2.56. The molecule has 1 spiro atoms. The molecule has 1 N–H and O–H groups in total. The Balaban J connectivity index is 1.74. The van der Waals surface area contributed by atoms with Crippen molar-refractivity contribution in [3.05, 3.63) is 0 Å². The summed E-state index contributed by atoms with van der Waals surface area (Å²) in [6.07, 6.45) is 17.8. The molecule has 2 heterocycles. The highest BCUT2D eigenvalue weighted by molar-refractivity contribution is 5.01. The van der Waals surface area contributed by atoms with Crippen LogP contribution in [0.4, 0.5) is 0 Å². The van der Waals surface area contributed by atoms with Gasteiger partial charge in [0.2, 0.25) is 0 Å². The van der Waals surface area contributed by atoms with E-state index in [0.29, 0.717) is 5.54 Å². The second kappa shape index (κ2) is 7.00. The molecule has 3 fully saturated rings. The van der Waals surface area contributed by atoms with Gasteiger partial charge in [0.1, 0.15) is 0 Å². The largest absolute Gasteiger partial charge is 0.375 e. The molecule has 0 aromatic heterocycles. The molecule has 2 saturated heterocycles. The summed E-state index contributed by atoms with van der Waals surface area (Å²) in [5.74, 6) is 0.849. The Morgan fingerprint density at radius 3 is 2.57 bits per heavy atom. The van der Waals surface area contributed by atoms with Gasteiger partial charge in [-0.25, -0.2) is 0 Å². The van der Waals surface area contributed by atoms with Crippen molar-refractivity contribution in [3.8, 4) is 0 Å². The van der Waals surface area contributed by atoms with Gasteiger partial charge in [0.05, 0.1) is 5.60 Å². The molecule has 3 rings (SSSR count). The molecule has 2 nitrogen and oxygen atoms in total. The Morgan fingerprint density at radius 2 is 1.76 bits per heavy atom. The lowest BCUT2D eigenvalue weighted by atomic mass is 9.67. The minimum Gasteiger partial charge on any atom is -0.375 e. The number of rotatable bonds is 3. The molecular formula is C19H35NO. The second-order valence-corrected chi connectivity index (χ2v) is 7.93. The summed E-state index contributed by atoms with van der Waals surface area (Å²) >= 11 is 0. The third kappa shape index (κ3) is 3.47. The first-order chi connectivity index (χ1) is 10.3. The van der Waals surface area contributed by atoms with Crippen molar-refractivity contribution >= 4 is 0 Å². The van der Waals surface area contributed by atoms with E-state index < -0.39 is 0 Å². The average Bonchev–Trinajstić information content (AvgIpc) is 2.75. The summed E-state index contributed by atoms with van der Waals surface area (Å²) in [5.41, 5.74) is 0.690. The van der Waals surface area contributed by atoms with Crippen LogP contribution in [0.1, 0.15) is 90.4 Å². The summed E-state index contributed by atoms with van der Waals surface area (Å²) in [5, 5.41) is 4.03. The average molecular weight is 293 g/mol. The molecule has 1 saturated carbocycles. The SMILES string of the molecule is CCCC1(C2CCOC3(CCCCC3)C2)CCCCCN1. The van der Waals surface area contributed by atoms with Crippen molar-refractivity contribution in [1.82, 2.24) is 5.32 Å². The third-order valence-corrected chi connectivity index (χ3v) is 6.51. The van der Waals surface area contributed by atoms with E-state index in [4.69, 9.17) is 4.74 Å². The normalized spacial score (nSPS) is 37.3. The molecule has 0 bridgehead atoms. The van der Waals surface area contributed by atoms with Crippen LogP contribution < -0.4 is 5.32 Å². The smallest absolute Gasteiger partial charge is 0.0685 e. The van der Waals surface area contributed by atoms with E-state index in [1.807, 2.05) is 0 Å². The molecule has 1 aliphatic carbocycles. The zero-order valence-electron chi connectivity index (χ0n) is 14.1. The highest BCUT2D eigenvalue weighted by atomic mass is 16.5. The van der Waals surface area contributed by atoms with E-state index in [-0.39, 0.29) is 5.60 Å². The first-order valence-corrected chi connectivity index (χ1v) is 9.68. The van der Waals surface area contributed by atoms with Crippen molar-refractivity contribution in [1.29, 1.82) is 0 Å².